The normalized spacial score (nSPS) is 12.7. The highest BCUT2D eigenvalue weighted by atomic mass is 16.4. The lowest BCUT2D eigenvalue weighted by Gasteiger charge is -2.23. The maximum absolute atomic E-state index is 14.2. The summed E-state index contributed by atoms with van der Waals surface area (Å²) in [5, 5.41) is 38.2. The summed E-state index contributed by atoms with van der Waals surface area (Å²) in [7, 11) is 0. The molecule has 0 aromatic heterocycles. The Kier molecular flexibility index (Phi) is 23.6. The standard InChI is InChI=1S/C47H64N8O10/c1-31(56)53-30-44(60)51-26-25-50-40(21-23-49-29-38(48)18-13-33-7-4-3-5-8-33)42(58)28-37(46(63)52-24-22-41(47(64)65)55-43(59)9-6-10-45(61)62)27-34-11-14-35(15-12-34)36-16-19-39(20-17-36)54-32(2)57/h3-5,7-8,11-12,14-17,19-20,37-38,40-41,49-50H,6,9-10,13,18,21-30,48H2,1-2H3,(H,51,60)(H,52,63)(H,53,56)(H,54,57)(H,55,59)(H,61,62)(H,64,65)/t37-,38-,40-,41+/m0/s1. The number of carbonyl (C=O) groups excluding carboxylic acids is 6. The molecule has 3 aromatic rings. The molecule has 4 atom stereocenters. The molecule has 18 heteroatoms. The number of rotatable bonds is 31. The van der Waals surface area contributed by atoms with Crippen LogP contribution in [0, 0.1) is 5.92 Å². The molecule has 0 spiro atoms. The van der Waals surface area contributed by atoms with E-state index in [-0.39, 0.29) is 88.3 Å². The van der Waals surface area contributed by atoms with Crippen LogP contribution in [-0.4, -0.2) is 115 Å². The van der Waals surface area contributed by atoms with E-state index in [4.69, 9.17) is 10.8 Å². The molecule has 18 nitrogen and oxygen atoms in total. The fraction of sp³-hybridized carbons (Fsp3) is 0.447. The van der Waals surface area contributed by atoms with Crippen LogP contribution in [0.15, 0.2) is 78.9 Å². The number of benzene rings is 3. The molecule has 0 aliphatic rings. The van der Waals surface area contributed by atoms with E-state index < -0.39 is 47.7 Å². The van der Waals surface area contributed by atoms with Gasteiger partial charge in [0.1, 0.15) is 6.04 Å². The van der Waals surface area contributed by atoms with E-state index in [1.54, 1.807) is 12.1 Å². The molecule has 0 aliphatic carbocycles. The molecule has 0 saturated heterocycles. The Bertz CT molecular complexity index is 2020. The minimum absolute atomic E-state index is 0.0350. The Labute approximate surface area is 379 Å². The summed E-state index contributed by atoms with van der Waals surface area (Å²) >= 11 is 0. The van der Waals surface area contributed by atoms with Gasteiger partial charge in [-0.05, 0) is 79.5 Å². The van der Waals surface area contributed by atoms with Crippen LogP contribution in [0.3, 0.4) is 0 Å². The van der Waals surface area contributed by atoms with E-state index in [0.29, 0.717) is 25.2 Å². The van der Waals surface area contributed by atoms with Crippen molar-refractivity contribution < 1.29 is 48.6 Å². The van der Waals surface area contributed by atoms with Crippen molar-refractivity contribution in [2.75, 3.05) is 44.6 Å². The molecule has 0 unspecified atom stereocenters. The minimum Gasteiger partial charge on any atom is -0.481 e. The number of Topliss-reactive ketones (excluding diaryl/α,β-unsaturated/α-hetero) is 1. The second kappa shape index (κ2) is 29.0. The van der Waals surface area contributed by atoms with Gasteiger partial charge in [0.25, 0.3) is 0 Å². The number of carboxylic acid groups (broad SMARTS) is 2. The van der Waals surface area contributed by atoms with Crippen molar-refractivity contribution in [2.24, 2.45) is 11.7 Å². The van der Waals surface area contributed by atoms with E-state index in [1.807, 2.05) is 66.7 Å². The van der Waals surface area contributed by atoms with Gasteiger partial charge in [-0.1, -0.05) is 66.7 Å². The zero-order valence-corrected chi connectivity index (χ0v) is 37.2. The summed E-state index contributed by atoms with van der Waals surface area (Å²) in [6.45, 7) is 3.69. The number of nitrogens with two attached hydrogens (primary N) is 1. The maximum Gasteiger partial charge on any atom is 0.326 e. The van der Waals surface area contributed by atoms with Gasteiger partial charge >= 0.3 is 11.9 Å². The molecule has 352 valence electrons. The van der Waals surface area contributed by atoms with Crippen molar-refractivity contribution in [1.29, 1.82) is 0 Å². The van der Waals surface area contributed by atoms with Crippen LogP contribution >= 0.6 is 0 Å². The molecule has 0 aliphatic heterocycles. The van der Waals surface area contributed by atoms with Crippen molar-refractivity contribution in [3.8, 4) is 11.1 Å². The molecule has 0 saturated carbocycles. The van der Waals surface area contributed by atoms with E-state index in [1.165, 1.54) is 19.4 Å². The molecule has 0 heterocycles. The molecular weight excluding hydrogens is 837 g/mol. The fourth-order valence-corrected chi connectivity index (χ4v) is 6.84. The molecule has 0 bridgehead atoms. The Morgan fingerprint density at radius 1 is 0.646 bits per heavy atom. The molecule has 11 N–H and O–H groups in total. The molecule has 5 amide bonds. The Hall–Kier alpha value is -6.50. The average molecular weight is 901 g/mol. The number of ketones is 1. The van der Waals surface area contributed by atoms with Crippen LogP contribution in [0.25, 0.3) is 11.1 Å². The van der Waals surface area contributed by atoms with Crippen LogP contribution in [-0.2, 0) is 51.2 Å². The Morgan fingerprint density at radius 3 is 1.94 bits per heavy atom. The van der Waals surface area contributed by atoms with Crippen molar-refractivity contribution in [2.45, 2.75) is 89.8 Å². The van der Waals surface area contributed by atoms with Gasteiger partial charge in [0.2, 0.25) is 29.5 Å². The molecule has 3 aromatic carbocycles. The van der Waals surface area contributed by atoms with Crippen LogP contribution in [0.5, 0.6) is 0 Å². The lowest BCUT2D eigenvalue weighted by Crippen LogP contribution is -2.46. The van der Waals surface area contributed by atoms with Gasteiger partial charge in [0.05, 0.1) is 12.6 Å². The summed E-state index contributed by atoms with van der Waals surface area (Å²) in [6.07, 6.45) is 1.32. The van der Waals surface area contributed by atoms with E-state index in [2.05, 4.69) is 37.2 Å². The zero-order valence-electron chi connectivity index (χ0n) is 37.2. The molecule has 0 radical (unpaired) electrons. The third-order valence-electron chi connectivity index (χ3n) is 10.3. The number of hydrogen-bond donors (Lipinski definition) is 10. The highest BCUT2D eigenvalue weighted by molar-refractivity contribution is 5.90. The number of aliphatic carboxylic acids is 2. The first-order chi connectivity index (χ1) is 31.1. The fourth-order valence-electron chi connectivity index (χ4n) is 6.84. The van der Waals surface area contributed by atoms with Crippen LogP contribution in [0.4, 0.5) is 5.69 Å². The highest BCUT2D eigenvalue weighted by Crippen LogP contribution is 2.24. The lowest BCUT2D eigenvalue weighted by molar-refractivity contribution is -0.142. The number of amides is 5. The smallest absolute Gasteiger partial charge is 0.326 e. The van der Waals surface area contributed by atoms with Crippen molar-refractivity contribution in [1.82, 2.24) is 31.9 Å². The predicted molar refractivity (Wildman–Crippen MR) is 245 cm³/mol. The Balaban J connectivity index is 1.75. The Morgan fingerprint density at radius 2 is 1.31 bits per heavy atom. The van der Waals surface area contributed by atoms with E-state index in [9.17, 15) is 43.5 Å². The quantitative estimate of drug-likeness (QED) is 0.0414. The number of carboxylic acids is 2. The molecule has 3 rings (SSSR count). The lowest BCUT2D eigenvalue weighted by atomic mass is 9.90. The number of carbonyl (C=O) groups is 8. The minimum atomic E-state index is -1.35. The van der Waals surface area contributed by atoms with Crippen LogP contribution < -0.4 is 43.0 Å². The first-order valence-corrected chi connectivity index (χ1v) is 21.9. The van der Waals surface area contributed by atoms with Crippen molar-refractivity contribution >= 4 is 52.9 Å². The predicted octanol–water partition coefficient (Wildman–Crippen LogP) is 1.91. The van der Waals surface area contributed by atoms with Crippen molar-refractivity contribution in [3.63, 3.8) is 0 Å². The third-order valence-corrected chi connectivity index (χ3v) is 10.3. The molecular formula is C47H64N8O10. The van der Waals surface area contributed by atoms with Gasteiger partial charge in [0.15, 0.2) is 5.78 Å². The van der Waals surface area contributed by atoms with E-state index >= 15 is 0 Å². The van der Waals surface area contributed by atoms with E-state index in [0.717, 1.165) is 29.5 Å². The summed E-state index contributed by atoms with van der Waals surface area (Å²) in [5.41, 5.74) is 10.8. The van der Waals surface area contributed by atoms with Gasteiger partial charge in [-0.2, -0.15) is 0 Å². The highest BCUT2D eigenvalue weighted by Gasteiger charge is 2.28. The summed E-state index contributed by atoms with van der Waals surface area (Å²) in [6, 6.07) is 22.6. The summed E-state index contributed by atoms with van der Waals surface area (Å²) in [5.74, 6) is -5.62. The first-order valence-electron chi connectivity index (χ1n) is 21.9. The number of nitrogens with one attached hydrogen (secondary N) is 7. The van der Waals surface area contributed by atoms with Gasteiger partial charge in [-0.3, -0.25) is 33.6 Å². The van der Waals surface area contributed by atoms with Gasteiger partial charge in [-0.15, -0.1) is 0 Å². The summed E-state index contributed by atoms with van der Waals surface area (Å²) < 4.78 is 0. The monoisotopic (exact) mass is 900 g/mol. The van der Waals surface area contributed by atoms with Crippen LogP contribution in [0.2, 0.25) is 0 Å². The SMILES string of the molecule is CC(=O)NCC(=O)NCCN[C@@H](CCNC[C@@H](N)CCc1ccccc1)C(=O)C[C@H](Cc1ccc(-c2ccc(NC(C)=O)cc2)cc1)C(=O)NCC[C@@H](NC(=O)CCCC(=O)O)C(=O)O. The molecule has 65 heavy (non-hydrogen) atoms. The second-order valence-electron chi connectivity index (χ2n) is 15.9. The number of hydrogen-bond acceptors (Lipinski definition) is 11. The molecule has 0 fully saturated rings. The number of anilines is 1. The summed E-state index contributed by atoms with van der Waals surface area (Å²) in [4.78, 5) is 98.1. The largest absolute Gasteiger partial charge is 0.481 e. The van der Waals surface area contributed by atoms with Gasteiger partial charge < -0.3 is 53.2 Å². The first kappa shape index (κ1) is 52.8. The van der Waals surface area contributed by atoms with Crippen molar-refractivity contribution in [3.05, 3.63) is 90.0 Å². The third kappa shape index (κ3) is 22.1. The van der Waals surface area contributed by atoms with Gasteiger partial charge in [-0.25, -0.2) is 4.79 Å². The van der Waals surface area contributed by atoms with Crippen LogP contribution in [0.1, 0.15) is 69.9 Å². The topological polar surface area (TPSA) is 287 Å². The average Bonchev–Trinajstić information content (AvgIpc) is 3.26. The van der Waals surface area contributed by atoms with Gasteiger partial charge in [0, 0.05) is 76.9 Å². The zero-order chi connectivity index (χ0) is 47.6. The number of aryl methyl sites for hydroxylation is 1. The second-order valence-corrected chi connectivity index (χ2v) is 15.9. The maximum atomic E-state index is 14.2.